The Hall–Kier alpha value is -0.510. The molecule has 1 aromatic carbocycles. The molecule has 0 saturated heterocycles. The molecule has 1 aromatic rings. The van der Waals surface area contributed by atoms with Crippen LogP contribution in [-0.2, 0) is 0 Å². The lowest BCUT2D eigenvalue weighted by Crippen LogP contribution is -2.26. The Kier molecular flexibility index (Phi) is 9.39. The fourth-order valence-electron chi connectivity index (χ4n) is 1.15. The normalized spacial score (nSPS) is 11.9. The highest BCUT2D eigenvalue weighted by atomic mass is 32.2. The van der Waals surface area contributed by atoms with E-state index in [4.69, 9.17) is 0 Å². The third kappa shape index (κ3) is 6.16. The maximum atomic E-state index is 9.51. The molecule has 92 valence electrons. The van der Waals surface area contributed by atoms with Crippen LogP contribution in [0.2, 0.25) is 0 Å². The second kappa shape index (κ2) is 9.70. The average Bonchev–Trinajstić information content (AvgIpc) is 2.32. The first-order valence-corrected chi connectivity index (χ1v) is 6.69. The molecule has 1 unspecified atom stereocenters. The van der Waals surface area contributed by atoms with Crippen molar-refractivity contribution in [3.8, 4) is 0 Å². The van der Waals surface area contributed by atoms with E-state index in [9.17, 15) is 5.11 Å². The molecule has 1 N–H and O–H groups in total. The van der Waals surface area contributed by atoms with Gasteiger partial charge >= 0.3 is 0 Å². The van der Waals surface area contributed by atoms with Gasteiger partial charge in [0.05, 0.1) is 0 Å². The van der Waals surface area contributed by atoms with Gasteiger partial charge in [-0.1, -0.05) is 39.0 Å². The molecule has 0 radical (unpaired) electrons. The molecular weight excluding hydrogens is 218 g/mol. The summed E-state index contributed by atoms with van der Waals surface area (Å²) in [5.41, 5.74) is 0. The van der Waals surface area contributed by atoms with Crippen LogP contribution in [0.5, 0.6) is 0 Å². The van der Waals surface area contributed by atoms with Crippen molar-refractivity contribution >= 4 is 11.9 Å². The van der Waals surface area contributed by atoms with E-state index in [1.807, 2.05) is 36.4 Å². The first kappa shape index (κ1) is 15.5. The van der Waals surface area contributed by atoms with Crippen molar-refractivity contribution in [2.45, 2.75) is 45.2 Å². The lowest BCUT2D eigenvalue weighted by atomic mass is 10.4. The second-order valence-corrected chi connectivity index (χ2v) is 4.30. The Bertz CT molecular complexity index is 251. The number of aliphatic hydroxyl groups excluding tert-OH is 1. The van der Waals surface area contributed by atoms with E-state index in [-0.39, 0.29) is 0 Å². The van der Waals surface area contributed by atoms with Crippen molar-refractivity contribution in [3.05, 3.63) is 30.3 Å². The molecule has 1 rings (SSSR count). The van der Waals surface area contributed by atoms with Gasteiger partial charge in [0.1, 0.15) is 6.23 Å². The molecule has 0 heterocycles. The van der Waals surface area contributed by atoms with E-state index >= 15 is 0 Å². The summed E-state index contributed by atoms with van der Waals surface area (Å²) >= 11 is 1.60. The van der Waals surface area contributed by atoms with E-state index in [0.29, 0.717) is 0 Å². The Morgan fingerprint density at radius 2 is 1.81 bits per heavy atom. The molecule has 0 aliphatic rings. The first-order valence-electron chi connectivity index (χ1n) is 5.91. The zero-order chi connectivity index (χ0) is 12.4. The van der Waals surface area contributed by atoms with E-state index in [0.717, 1.165) is 13.0 Å². The van der Waals surface area contributed by atoms with Gasteiger partial charge in [-0.3, -0.25) is 0 Å². The minimum absolute atomic E-state index is 0.403. The summed E-state index contributed by atoms with van der Waals surface area (Å²) in [6.45, 7) is 8.81. The highest BCUT2D eigenvalue weighted by molar-refractivity contribution is 7.97. The van der Waals surface area contributed by atoms with Crippen LogP contribution in [0.1, 0.15) is 34.1 Å². The molecule has 0 aromatic heterocycles. The van der Waals surface area contributed by atoms with E-state index in [1.54, 1.807) is 18.9 Å². The van der Waals surface area contributed by atoms with Crippen LogP contribution in [0, 0.1) is 0 Å². The molecule has 3 heteroatoms. The van der Waals surface area contributed by atoms with Crippen molar-refractivity contribution in [3.63, 3.8) is 0 Å². The maximum Gasteiger partial charge on any atom is 0.113 e. The van der Waals surface area contributed by atoms with Crippen molar-refractivity contribution in [2.75, 3.05) is 6.54 Å². The van der Waals surface area contributed by atoms with Gasteiger partial charge in [0.25, 0.3) is 0 Å². The summed E-state index contributed by atoms with van der Waals surface area (Å²) in [7, 11) is 0. The third-order valence-electron chi connectivity index (χ3n) is 1.83. The SMILES string of the molecule is CC.CCCN(Sc1ccccc1)C(C)O. The number of benzene rings is 1. The zero-order valence-electron chi connectivity index (χ0n) is 10.7. The summed E-state index contributed by atoms with van der Waals surface area (Å²) in [4.78, 5) is 1.17. The van der Waals surface area contributed by atoms with Crippen LogP contribution in [-0.4, -0.2) is 22.2 Å². The highest BCUT2D eigenvalue weighted by Gasteiger charge is 2.10. The molecule has 0 bridgehead atoms. The van der Waals surface area contributed by atoms with Gasteiger partial charge in [0.15, 0.2) is 0 Å². The predicted octanol–water partition coefficient (Wildman–Crippen LogP) is 3.77. The van der Waals surface area contributed by atoms with Crippen LogP contribution in [0.25, 0.3) is 0 Å². The van der Waals surface area contributed by atoms with Crippen LogP contribution < -0.4 is 0 Å². The monoisotopic (exact) mass is 241 g/mol. The Labute approximate surface area is 104 Å². The number of rotatable bonds is 5. The van der Waals surface area contributed by atoms with Gasteiger partial charge in [-0.2, -0.15) is 0 Å². The Morgan fingerprint density at radius 1 is 1.25 bits per heavy atom. The molecule has 0 spiro atoms. The highest BCUT2D eigenvalue weighted by Crippen LogP contribution is 2.23. The first-order chi connectivity index (χ1) is 7.74. The molecule has 0 aliphatic carbocycles. The van der Waals surface area contributed by atoms with E-state index in [2.05, 4.69) is 19.1 Å². The van der Waals surface area contributed by atoms with Gasteiger partial charge < -0.3 is 5.11 Å². The van der Waals surface area contributed by atoms with E-state index < -0.39 is 6.23 Å². The Morgan fingerprint density at radius 3 is 2.25 bits per heavy atom. The van der Waals surface area contributed by atoms with Crippen LogP contribution in [0.4, 0.5) is 0 Å². The number of aliphatic hydroxyl groups is 1. The molecule has 0 fully saturated rings. The van der Waals surface area contributed by atoms with Crippen molar-refractivity contribution in [2.24, 2.45) is 0 Å². The predicted molar refractivity (Wildman–Crippen MR) is 72.3 cm³/mol. The van der Waals surface area contributed by atoms with Crippen LogP contribution >= 0.6 is 11.9 Å². The standard InChI is InChI=1S/C11H17NOS.C2H6/c1-3-9-12(10(2)13)14-11-7-5-4-6-8-11;1-2/h4-8,10,13H,3,9H2,1-2H3;1-2H3. The number of nitrogens with zero attached hydrogens (tertiary/aromatic N) is 1. The summed E-state index contributed by atoms with van der Waals surface area (Å²) < 4.78 is 1.98. The summed E-state index contributed by atoms with van der Waals surface area (Å²) in [6, 6.07) is 10.1. The van der Waals surface area contributed by atoms with Gasteiger partial charge in [-0.15, -0.1) is 0 Å². The van der Waals surface area contributed by atoms with Gasteiger partial charge in [0, 0.05) is 11.4 Å². The summed E-state index contributed by atoms with van der Waals surface area (Å²) in [6.07, 6.45) is 0.644. The fourth-order valence-corrected chi connectivity index (χ4v) is 2.12. The van der Waals surface area contributed by atoms with Crippen molar-refractivity contribution in [1.29, 1.82) is 0 Å². The van der Waals surface area contributed by atoms with Crippen molar-refractivity contribution < 1.29 is 5.11 Å². The lowest BCUT2D eigenvalue weighted by molar-refractivity contribution is 0.0885. The van der Waals surface area contributed by atoms with Crippen molar-refractivity contribution in [1.82, 2.24) is 4.31 Å². The smallest absolute Gasteiger partial charge is 0.113 e. The minimum atomic E-state index is -0.403. The largest absolute Gasteiger partial charge is 0.378 e. The molecule has 2 nitrogen and oxygen atoms in total. The minimum Gasteiger partial charge on any atom is -0.378 e. The van der Waals surface area contributed by atoms with Gasteiger partial charge in [0.2, 0.25) is 0 Å². The maximum absolute atomic E-state index is 9.51. The topological polar surface area (TPSA) is 23.5 Å². The van der Waals surface area contributed by atoms with Gasteiger partial charge in [-0.25, -0.2) is 4.31 Å². The molecule has 16 heavy (non-hydrogen) atoms. The average molecular weight is 241 g/mol. The summed E-state index contributed by atoms with van der Waals surface area (Å²) in [5, 5.41) is 9.51. The lowest BCUT2D eigenvalue weighted by Gasteiger charge is -2.23. The van der Waals surface area contributed by atoms with Crippen LogP contribution in [0.15, 0.2) is 35.2 Å². The Balaban J connectivity index is 0.00000106. The van der Waals surface area contributed by atoms with E-state index in [1.165, 1.54) is 4.90 Å². The number of hydrogen-bond donors (Lipinski definition) is 1. The van der Waals surface area contributed by atoms with Gasteiger partial charge in [-0.05, 0) is 37.4 Å². The fraction of sp³-hybridized carbons (Fsp3) is 0.538. The molecule has 0 amide bonds. The molecule has 0 aliphatic heterocycles. The summed E-state index contributed by atoms with van der Waals surface area (Å²) in [5.74, 6) is 0. The number of hydrogen-bond acceptors (Lipinski definition) is 3. The quantitative estimate of drug-likeness (QED) is 0.627. The van der Waals surface area contributed by atoms with Crippen LogP contribution in [0.3, 0.4) is 0 Å². The molecule has 0 saturated carbocycles. The second-order valence-electron chi connectivity index (χ2n) is 3.18. The third-order valence-corrected chi connectivity index (χ3v) is 3.03. The molecule has 1 atom stereocenters. The zero-order valence-corrected chi connectivity index (χ0v) is 11.5. The molecular formula is C13H23NOS.